The third-order valence-electron chi connectivity index (χ3n) is 5.17. The molecule has 1 atom stereocenters. The van der Waals surface area contributed by atoms with E-state index in [2.05, 4.69) is 20.3 Å². The molecule has 1 saturated heterocycles. The molecule has 2 aliphatic rings. The largest absolute Gasteiger partial charge is 0.339 e. The first-order valence-corrected chi connectivity index (χ1v) is 8.64. The van der Waals surface area contributed by atoms with E-state index < -0.39 is 5.66 Å². The highest BCUT2D eigenvalue weighted by atomic mass is 16.2. The zero-order valence-corrected chi connectivity index (χ0v) is 14.4. The Balaban J connectivity index is 1.62. The van der Waals surface area contributed by atoms with Crippen LogP contribution in [0.3, 0.4) is 0 Å². The first kappa shape index (κ1) is 15.2. The number of carbonyl (C=O) groups is 1. The summed E-state index contributed by atoms with van der Waals surface area (Å²) in [5, 5.41) is 3.50. The zero-order valence-electron chi connectivity index (χ0n) is 14.4. The van der Waals surface area contributed by atoms with Crippen LogP contribution in [0.5, 0.6) is 0 Å². The molecule has 1 amide bonds. The van der Waals surface area contributed by atoms with Gasteiger partial charge in [0.05, 0.1) is 18.4 Å². The first-order valence-electron chi connectivity index (χ1n) is 8.64. The third-order valence-corrected chi connectivity index (χ3v) is 5.17. The molecule has 3 aromatic rings. The van der Waals surface area contributed by atoms with Crippen LogP contribution in [0.4, 0.5) is 0 Å². The highest BCUT2D eigenvalue weighted by Gasteiger charge is 2.50. The quantitative estimate of drug-likeness (QED) is 0.762. The van der Waals surface area contributed by atoms with E-state index in [-0.39, 0.29) is 5.91 Å². The fourth-order valence-electron chi connectivity index (χ4n) is 3.89. The number of aromatic nitrogens is 4. The number of fused-ring (bicyclic) bond motifs is 2. The van der Waals surface area contributed by atoms with Gasteiger partial charge in [0.2, 0.25) is 0 Å². The van der Waals surface area contributed by atoms with E-state index in [0.29, 0.717) is 18.8 Å². The molecule has 5 heterocycles. The average molecular weight is 346 g/mol. The van der Waals surface area contributed by atoms with Gasteiger partial charge in [0.15, 0.2) is 5.66 Å². The molecule has 0 aromatic carbocycles. The van der Waals surface area contributed by atoms with Crippen LogP contribution in [0, 0.1) is 6.92 Å². The van der Waals surface area contributed by atoms with E-state index in [1.165, 1.54) is 0 Å². The van der Waals surface area contributed by atoms with Gasteiger partial charge >= 0.3 is 0 Å². The van der Waals surface area contributed by atoms with Gasteiger partial charge in [-0.15, -0.1) is 0 Å². The topological polar surface area (TPSA) is 75.9 Å². The monoisotopic (exact) mass is 346 g/mol. The van der Waals surface area contributed by atoms with Crippen molar-refractivity contribution in [3.63, 3.8) is 0 Å². The maximum absolute atomic E-state index is 13.2. The van der Waals surface area contributed by atoms with Gasteiger partial charge in [0, 0.05) is 49.0 Å². The first-order chi connectivity index (χ1) is 12.7. The van der Waals surface area contributed by atoms with E-state index in [0.717, 1.165) is 29.1 Å². The molecule has 0 aliphatic carbocycles. The number of hydrogen-bond acceptors (Lipinski definition) is 5. The summed E-state index contributed by atoms with van der Waals surface area (Å²) in [4.78, 5) is 28.2. The molecule has 0 saturated carbocycles. The fourth-order valence-corrected chi connectivity index (χ4v) is 3.89. The number of rotatable bonds is 2. The smallest absolute Gasteiger partial charge is 0.272 e. The molecule has 3 aromatic heterocycles. The summed E-state index contributed by atoms with van der Waals surface area (Å²) in [5.74, 6) is 0.0127. The minimum absolute atomic E-state index is 0.0127. The Labute approximate surface area is 150 Å². The van der Waals surface area contributed by atoms with E-state index in [4.69, 9.17) is 0 Å². The predicted molar refractivity (Wildman–Crippen MR) is 95.1 cm³/mol. The third kappa shape index (κ3) is 2.10. The maximum atomic E-state index is 13.2. The van der Waals surface area contributed by atoms with Crippen molar-refractivity contribution in [3.8, 4) is 11.1 Å². The molecule has 130 valence electrons. The molecule has 2 aliphatic heterocycles. The van der Waals surface area contributed by atoms with Gasteiger partial charge in [-0.25, -0.2) is 0 Å². The highest BCUT2D eigenvalue weighted by molar-refractivity contribution is 5.96. The minimum Gasteiger partial charge on any atom is -0.339 e. The van der Waals surface area contributed by atoms with Crippen LogP contribution < -0.4 is 5.32 Å². The number of pyridine rings is 1. The summed E-state index contributed by atoms with van der Waals surface area (Å²) in [6.07, 6.45) is 9.09. The SMILES string of the molecule is Cc1cnc(C23Cn4cc(-c5cccnc5)cc4C(=O)N2CCN3)cn1. The van der Waals surface area contributed by atoms with Crippen molar-refractivity contribution >= 4 is 5.91 Å². The second-order valence-electron chi connectivity index (χ2n) is 6.77. The molecule has 26 heavy (non-hydrogen) atoms. The van der Waals surface area contributed by atoms with Crippen molar-refractivity contribution in [2.75, 3.05) is 13.1 Å². The van der Waals surface area contributed by atoms with Gasteiger partial charge in [-0.2, -0.15) is 0 Å². The molecular formula is C19H18N6O. The van der Waals surface area contributed by atoms with Gasteiger partial charge < -0.3 is 9.47 Å². The maximum Gasteiger partial charge on any atom is 0.272 e. The summed E-state index contributed by atoms with van der Waals surface area (Å²) in [6, 6.07) is 5.85. The Morgan fingerprint density at radius 2 is 2.12 bits per heavy atom. The lowest BCUT2D eigenvalue weighted by atomic mass is 10.0. The van der Waals surface area contributed by atoms with E-state index in [1.807, 2.05) is 47.0 Å². The van der Waals surface area contributed by atoms with Crippen molar-refractivity contribution in [2.24, 2.45) is 0 Å². The Hall–Kier alpha value is -3.06. The second kappa shape index (κ2) is 5.47. The van der Waals surface area contributed by atoms with E-state index in [1.54, 1.807) is 18.6 Å². The summed E-state index contributed by atoms with van der Waals surface area (Å²) < 4.78 is 2.01. The average Bonchev–Trinajstić information content (AvgIpc) is 3.28. The van der Waals surface area contributed by atoms with Gasteiger partial charge in [-0.05, 0) is 19.1 Å². The summed E-state index contributed by atoms with van der Waals surface area (Å²) in [6.45, 7) is 3.90. The standard InChI is InChI=1S/C19H18N6O/c1-13-8-22-17(10-21-13)19-12-24-11-15(14-3-2-4-20-9-14)7-16(24)18(26)25(19)6-5-23-19/h2-4,7-11,23H,5-6,12H2,1H3. The minimum atomic E-state index is -0.643. The Bertz CT molecular complexity index is 981. The molecule has 1 fully saturated rings. The van der Waals surface area contributed by atoms with Crippen molar-refractivity contribution in [1.82, 2.24) is 29.7 Å². The van der Waals surface area contributed by atoms with Crippen LogP contribution >= 0.6 is 0 Å². The number of nitrogens with zero attached hydrogens (tertiary/aromatic N) is 5. The zero-order chi connectivity index (χ0) is 17.7. The molecule has 0 bridgehead atoms. The van der Waals surface area contributed by atoms with Crippen LogP contribution in [-0.2, 0) is 12.2 Å². The summed E-state index contributed by atoms with van der Waals surface area (Å²) >= 11 is 0. The molecule has 7 heteroatoms. The summed E-state index contributed by atoms with van der Waals surface area (Å²) in [5.41, 5.74) is 3.68. The number of carbonyl (C=O) groups excluding carboxylic acids is 1. The number of hydrogen-bond donors (Lipinski definition) is 1. The lowest BCUT2D eigenvalue weighted by molar-refractivity contribution is 0.0382. The normalized spacial score (nSPS) is 21.6. The molecule has 7 nitrogen and oxygen atoms in total. The lowest BCUT2D eigenvalue weighted by Gasteiger charge is -2.41. The van der Waals surface area contributed by atoms with Crippen molar-refractivity contribution in [3.05, 3.63) is 66.3 Å². The highest BCUT2D eigenvalue weighted by Crippen LogP contribution is 2.37. The second-order valence-corrected chi connectivity index (χ2v) is 6.77. The van der Waals surface area contributed by atoms with Crippen LogP contribution in [-0.4, -0.2) is 43.4 Å². The Morgan fingerprint density at radius 1 is 1.19 bits per heavy atom. The number of nitrogens with one attached hydrogen (secondary N) is 1. The predicted octanol–water partition coefficient (Wildman–Crippen LogP) is 1.56. The number of amides is 1. The van der Waals surface area contributed by atoms with Crippen LogP contribution in [0.1, 0.15) is 21.9 Å². The van der Waals surface area contributed by atoms with Crippen molar-refractivity contribution in [1.29, 1.82) is 0 Å². The molecule has 0 radical (unpaired) electrons. The summed E-state index contributed by atoms with van der Waals surface area (Å²) in [7, 11) is 0. The lowest BCUT2D eigenvalue weighted by Crippen LogP contribution is -2.57. The van der Waals surface area contributed by atoms with Gasteiger partial charge in [0.25, 0.3) is 5.91 Å². The molecule has 1 unspecified atom stereocenters. The molecule has 5 rings (SSSR count). The molecule has 0 spiro atoms. The van der Waals surface area contributed by atoms with Gasteiger partial charge in [-0.3, -0.25) is 25.1 Å². The van der Waals surface area contributed by atoms with E-state index >= 15 is 0 Å². The molecular weight excluding hydrogens is 328 g/mol. The van der Waals surface area contributed by atoms with Crippen molar-refractivity contribution in [2.45, 2.75) is 19.1 Å². The van der Waals surface area contributed by atoms with Crippen molar-refractivity contribution < 1.29 is 4.79 Å². The van der Waals surface area contributed by atoms with E-state index in [9.17, 15) is 4.79 Å². The molecule has 1 N–H and O–H groups in total. The Kier molecular flexibility index (Phi) is 3.20. The number of aryl methyl sites for hydroxylation is 1. The van der Waals surface area contributed by atoms with Crippen LogP contribution in [0.15, 0.2) is 49.2 Å². The van der Waals surface area contributed by atoms with Crippen LogP contribution in [0.25, 0.3) is 11.1 Å². The van der Waals surface area contributed by atoms with Crippen LogP contribution in [0.2, 0.25) is 0 Å². The fraction of sp³-hybridized carbons (Fsp3) is 0.263. The Morgan fingerprint density at radius 3 is 2.88 bits per heavy atom. The van der Waals surface area contributed by atoms with Gasteiger partial charge in [-0.1, -0.05) is 6.07 Å². The van der Waals surface area contributed by atoms with Gasteiger partial charge in [0.1, 0.15) is 11.4 Å².